The molecular formula is C31H31N5O4. The maximum Gasteiger partial charge on any atom is 0.410 e. The lowest BCUT2D eigenvalue weighted by molar-refractivity contribution is 0.0284. The highest BCUT2D eigenvalue weighted by Gasteiger charge is 2.31. The van der Waals surface area contributed by atoms with Gasteiger partial charge < -0.3 is 14.4 Å². The first kappa shape index (κ1) is 26.9. The molecule has 0 N–H and O–H groups in total. The van der Waals surface area contributed by atoms with Gasteiger partial charge in [-0.3, -0.25) is 9.20 Å². The number of imidazole rings is 1. The molecule has 0 saturated carbocycles. The number of nitriles is 1. The molecule has 0 aliphatic carbocycles. The molecule has 1 aliphatic heterocycles. The zero-order valence-corrected chi connectivity index (χ0v) is 23.0. The van der Waals surface area contributed by atoms with Crippen LogP contribution in [0.5, 0.6) is 5.88 Å². The van der Waals surface area contributed by atoms with Gasteiger partial charge in [-0.2, -0.15) is 5.26 Å². The van der Waals surface area contributed by atoms with Gasteiger partial charge in [0.2, 0.25) is 5.65 Å². The summed E-state index contributed by atoms with van der Waals surface area (Å²) in [5.74, 6) is 0.379. The number of hydrogen-bond donors (Lipinski definition) is 0. The van der Waals surface area contributed by atoms with Crippen molar-refractivity contribution in [2.45, 2.75) is 39.7 Å². The summed E-state index contributed by atoms with van der Waals surface area (Å²) in [6.45, 7) is 9.00. The van der Waals surface area contributed by atoms with Crippen molar-refractivity contribution in [3.63, 3.8) is 0 Å². The Kier molecular flexibility index (Phi) is 7.26. The molecule has 0 radical (unpaired) electrons. The summed E-state index contributed by atoms with van der Waals surface area (Å²) in [7, 11) is 0. The van der Waals surface area contributed by atoms with Crippen LogP contribution in [0, 0.1) is 24.2 Å². The molecule has 2 aromatic heterocycles. The van der Waals surface area contributed by atoms with Crippen molar-refractivity contribution in [1.82, 2.24) is 19.3 Å². The Morgan fingerprint density at radius 1 is 1.10 bits per heavy atom. The van der Waals surface area contributed by atoms with Crippen LogP contribution in [0.25, 0.3) is 28.2 Å². The first-order valence-corrected chi connectivity index (χ1v) is 13.2. The third-order valence-corrected chi connectivity index (χ3v) is 6.72. The van der Waals surface area contributed by atoms with Crippen molar-refractivity contribution in [3.8, 4) is 34.5 Å². The number of amides is 1. The predicted molar refractivity (Wildman–Crippen MR) is 150 cm³/mol. The van der Waals surface area contributed by atoms with E-state index in [9.17, 15) is 14.9 Å². The molecule has 9 nitrogen and oxygen atoms in total. The van der Waals surface area contributed by atoms with E-state index in [4.69, 9.17) is 14.5 Å². The van der Waals surface area contributed by atoms with E-state index in [1.54, 1.807) is 23.2 Å². The van der Waals surface area contributed by atoms with Crippen LogP contribution in [0.4, 0.5) is 4.79 Å². The molecule has 5 rings (SSSR count). The van der Waals surface area contributed by atoms with E-state index in [0.29, 0.717) is 48.8 Å². The fourth-order valence-corrected chi connectivity index (χ4v) is 4.74. The van der Waals surface area contributed by atoms with Crippen molar-refractivity contribution in [1.29, 1.82) is 5.26 Å². The Hall–Kier alpha value is -4.71. The molecule has 2 aromatic carbocycles. The second-order valence-corrected chi connectivity index (χ2v) is 11.0. The molecule has 4 aromatic rings. The SMILES string of the molecule is Cc1ccc(-c2c(-c3ccc(C#N)cc3)nc(OC[C@@H]3CCN(C(=O)OC(C)(C)C)C3)c3nc(C=O)cn23)cc1. The average molecular weight is 538 g/mol. The van der Waals surface area contributed by atoms with Crippen LogP contribution < -0.4 is 4.74 Å². The van der Waals surface area contributed by atoms with Crippen molar-refractivity contribution >= 4 is 18.0 Å². The predicted octanol–water partition coefficient (Wildman–Crippen LogP) is 5.69. The monoisotopic (exact) mass is 537 g/mol. The Balaban J connectivity index is 1.52. The van der Waals surface area contributed by atoms with Gasteiger partial charge in [0.05, 0.1) is 29.6 Å². The molecule has 0 unspecified atom stereocenters. The lowest BCUT2D eigenvalue weighted by Gasteiger charge is -2.24. The number of rotatable bonds is 6. The standard InChI is InChI=1S/C31H31N5O4/c1-20-5-9-24(10-6-20)27-26(23-11-7-21(15-32)8-12-23)34-29(28-33-25(18-37)17-36(27)28)39-19-22-13-14-35(16-22)30(38)40-31(2,3)4/h5-12,17-18,22H,13-14,16,19H2,1-4H3/t22-/m1/s1. The number of aldehydes is 1. The molecule has 1 atom stereocenters. The van der Waals surface area contributed by atoms with Gasteiger partial charge >= 0.3 is 6.09 Å². The van der Waals surface area contributed by atoms with E-state index in [2.05, 4.69) is 11.1 Å². The minimum atomic E-state index is -0.556. The molecule has 1 amide bonds. The number of aromatic nitrogens is 3. The van der Waals surface area contributed by atoms with Crippen LogP contribution in [0.3, 0.4) is 0 Å². The highest BCUT2D eigenvalue weighted by Crippen LogP contribution is 2.35. The van der Waals surface area contributed by atoms with Crippen molar-refractivity contribution in [3.05, 3.63) is 71.5 Å². The molecule has 9 heteroatoms. The third kappa shape index (κ3) is 5.66. The number of hydrogen-bond acceptors (Lipinski definition) is 7. The minimum Gasteiger partial charge on any atom is -0.475 e. The molecule has 0 spiro atoms. The van der Waals surface area contributed by atoms with Gasteiger partial charge in [-0.25, -0.2) is 14.8 Å². The molecule has 3 heterocycles. The number of benzene rings is 2. The van der Waals surface area contributed by atoms with Crippen LogP contribution in [-0.4, -0.2) is 56.9 Å². The first-order valence-electron chi connectivity index (χ1n) is 13.2. The Morgan fingerprint density at radius 3 is 2.45 bits per heavy atom. The van der Waals surface area contributed by atoms with Gasteiger partial charge in [-0.05, 0) is 46.2 Å². The fourth-order valence-electron chi connectivity index (χ4n) is 4.74. The van der Waals surface area contributed by atoms with Gasteiger partial charge in [-0.15, -0.1) is 0 Å². The number of aryl methyl sites for hydroxylation is 1. The van der Waals surface area contributed by atoms with Crippen molar-refractivity contribution in [2.24, 2.45) is 5.92 Å². The first-order chi connectivity index (χ1) is 19.1. The number of likely N-dealkylation sites (tertiary alicyclic amines) is 1. The number of ether oxygens (including phenoxy) is 2. The summed E-state index contributed by atoms with van der Waals surface area (Å²) in [5, 5.41) is 9.29. The average Bonchev–Trinajstić information content (AvgIpc) is 3.59. The topological polar surface area (TPSA) is 110 Å². The zero-order chi connectivity index (χ0) is 28.4. The quantitative estimate of drug-likeness (QED) is 0.291. The van der Waals surface area contributed by atoms with Crippen LogP contribution in [-0.2, 0) is 4.74 Å². The Labute approximate surface area is 233 Å². The third-order valence-electron chi connectivity index (χ3n) is 6.72. The molecule has 0 bridgehead atoms. The van der Waals surface area contributed by atoms with E-state index in [1.807, 2.05) is 68.5 Å². The van der Waals surface area contributed by atoms with Crippen molar-refractivity contribution in [2.75, 3.05) is 19.7 Å². The summed E-state index contributed by atoms with van der Waals surface area (Å²) in [5.41, 5.74) is 4.86. The van der Waals surface area contributed by atoms with E-state index < -0.39 is 5.60 Å². The van der Waals surface area contributed by atoms with Gasteiger partial charge in [0.1, 0.15) is 11.3 Å². The Morgan fingerprint density at radius 2 is 1.80 bits per heavy atom. The number of nitrogens with zero attached hydrogens (tertiary/aromatic N) is 5. The molecule has 204 valence electrons. The maximum atomic E-state index is 12.5. The summed E-state index contributed by atoms with van der Waals surface area (Å²) >= 11 is 0. The minimum absolute atomic E-state index is 0.0880. The largest absolute Gasteiger partial charge is 0.475 e. The van der Waals surface area contributed by atoms with Gasteiger partial charge in [-0.1, -0.05) is 42.0 Å². The maximum absolute atomic E-state index is 12.5. The Bertz CT molecular complexity index is 1590. The van der Waals surface area contributed by atoms with E-state index in [1.165, 1.54) is 0 Å². The lowest BCUT2D eigenvalue weighted by Crippen LogP contribution is -2.35. The van der Waals surface area contributed by atoms with Crippen LogP contribution >= 0.6 is 0 Å². The molecular weight excluding hydrogens is 506 g/mol. The van der Waals surface area contributed by atoms with Crippen LogP contribution in [0.2, 0.25) is 0 Å². The molecule has 1 saturated heterocycles. The summed E-state index contributed by atoms with van der Waals surface area (Å²) in [4.78, 5) is 35.4. The second-order valence-electron chi connectivity index (χ2n) is 11.0. The summed E-state index contributed by atoms with van der Waals surface area (Å²) in [6.07, 6.45) is 2.82. The van der Waals surface area contributed by atoms with E-state index in [0.717, 1.165) is 28.8 Å². The summed E-state index contributed by atoms with van der Waals surface area (Å²) in [6, 6.07) is 17.4. The highest BCUT2D eigenvalue weighted by atomic mass is 16.6. The summed E-state index contributed by atoms with van der Waals surface area (Å²) < 4.78 is 13.6. The van der Waals surface area contributed by atoms with Crippen LogP contribution in [0.1, 0.15) is 48.8 Å². The normalized spacial score (nSPS) is 15.2. The smallest absolute Gasteiger partial charge is 0.410 e. The molecule has 1 aliphatic rings. The highest BCUT2D eigenvalue weighted by molar-refractivity contribution is 5.83. The molecule has 40 heavy (non-hydrogen) atoms. The van der Waals surface area contributed by atoms with Gasteiger partial charge in [0.15, 0.2) is 6.29 Å². The fraction of sp³-hybridized carbons (Fsp3) is 0.323. The number of carbonyl (C=O) groups is 2. The second kappa shape index (κ2) is 10.8. The number of fused-ring (bicyclic) bond motifs is 1. The van der Waals surface area contributed by atoms with Crippen molar-refractivity contribution < 1.29 is 19.1 Å². The van der Waals surface area contributed by atoms with E-state index >= 15 is 0 Å². The molecule has 1 fully saturated rings. The van der Waals surface area contributed by atoms with Crippen LogP contribution in [0.15, 0.2) is 54.7 Å². The van der Waals surface area contributed by atoms with E-state index in [-0.39, 0.29) is 17.7 Å². The zero-order valence-electron chi connectivity index (χ0n) is 23.0. The lowest BCUT2D eigenvalue weighted by atomic mass is 10.0. The van der Waals surface area contributed by atoms with Gasteiger partial charge in [0.25, 0.3) is 5.88 Å². The van der Waals surface area contributed by atoms with Gasteiger partial charge in [0, 0.05) is 36.3 Å². The number of carbonyl (C=O) groups excluding carboxylic acids is 2.